The van der Waals surface area contributed by atoms with E-state index in [1.165, 1.54) is 132 Å². The molecule has 6 aromatic rings. The number of halogens is 4. The fraction of sp³-hybridized carbons (Fsp3) is 0.333. The quantitative estimate of drug-likeness (QED) is 0.133. The molecule has 0 amide bonds. The molecule has 365 valence electrons. The van der Waals surface area contributed by atoms with Gasteiger partial charge in [0.25, 0.3) is 0 Å². The van der Waals surface area contributed by atoms with Gasteiger partial charge >= 0.3 is 0 Å². The van der Waals surface area contributed by atoms with Gasteiger partial charge in [-0.25, -0.2) is 0 Å². The van der Waals surface area contributed by atoms with Gasteiger partial charge in [-0.15, -0.1) is 105 Å². The van der Waals surface area contributed by atoms with Crippen LogP contribution in [-0.4, -0.2) is 0 Å². The van der Waals surface area contributed by atoms with Crippen molar-refractivity contribution in [2.24, 2.45) is 0 Å². The van der Waals surface area contributed by atoms with Gasteiger partial charge in [-0.05, 0) is 257 Å². The summed E-state index contributed by atoms with van der Waals surface area (Å²) >= 11 is 0. The zero-order chi connectivity index (χ0) is 46.3. The molecule has 0 saturated heterocycles. The van der Waals surface area contributed by atoms with Crippen LogP contribution in [0.4, 0.5) is 0 Å². The van der Waals surface area contributed by atoms with E-state index in [1.807, 2.05) is 0 Å². The first-order valence-electron chi connectivity index (χ1n) is 20.7. The van der Waals surface area contributed by atoms with Crippen LogP contribution in [0.3, 0.4) is 0 Å². The third kappa shape index (κ3) is 26.4. The second-order valence-corrected chi connectivity index (χ2v) is 20.7. The third-order valence-corrected chi connectivity index (χ3v) is 13.7. The molecule has 0 aliphatic rings. The predicted molar refractivity (Wildman–Crippen MR) is 329 cm³/mol. The van der Waals surface area contributed by atoms with E-state index in [4.69, 9.17) is 0 Å². The molecule has 0 fully saturated rings. The summed E-state index contributed by atoms with van der Waals surface area (Å²) in [5.74, 6) is 0. The number of aryl methyl sites for hydroxylation is 12. The molecule has 6 aromatic carbocycles. The van der Waals surface area contributed by atoms with Crippen LogP contribution in [0.15, 0.2) is 72.8 Å². The molecular weight excluding hydrogens is 1040 g/mol. The summed E-state index contributed by atoms with van der Waals surface area (Å²) in [4.78, 5) is 0. The van der Waals surface area contributed by atoms with E-state index in [0.717, 1.165) is 0 Å². The van der Waals surface area contributed by atoms with Crippen LogP contribution < -0.4 is 31.8 Å². The van der Waals surface area contributed by atoms with E-state index in [0.29, 0.717) is 0 Å². The monoisotopic (exact) mass is 1120 g/mol. The summed E-state index contributed by atoms with van der Waals surface area (Å²) in [5, 5.41) is 7.67. The van der Waals surface area contributed by atoms with E-state index in [1.54, 1.807) is 0 Å². The molecule has 0 heterocycles. The van der Waals surface area contributed by atoms with Crippen molar-refractivity contribution in [2.45, 2.75) is 125 Å². The number of hydrogen-bond acceptors (Lipinski definition) is 0. The molecule has 0 N–H and O–H groups in total. The Bertz CT molecular complexity index is 1830. The van der Waals surface area contributed by atoms with Crippen molar-refractivity contribution in [3.8, 4) is 0 Å². The topological polar surface area (TPSA) is 0 Å². The van der Waals surface area contributed by atoms with Crippen molar-refractivity contribution in [2.75, 3.05) is 0 Å². The summed E-state index contributed by atoms with van der Waals surface area (Å²) in [6.07, 6.45) is 0. The largest absolute Gasteiger partial charge is 0.147 e. The Kier molecular flexibility index (Phi) is 40.3. The Morgan fingerprint density at radius 3 is 0.308 bits per heavy atom. The third-order valence-electron chi connectivity index (χ3n) is 11.7. The van der Waals surface area contributed by atoms with E-state index in [9.17, 15) is 0 Å². The number of rotatable bonds is 0. The summed E-state index contributed by atoms with van der Waals surface area (Å²) in [5.41, 5.74) is 25.0. The Morgan fingerprint density at radius 2 is 0.246 bits per heavy atom. The molecule has 6 atom stereocenters. The molecule has 6 rings (SSSR count). The van der Waals surface area contributed by atoms with Crippen molar-refractivity contribution in [3.05, 3.63) is 173 Å². The molecule has 0 nitrogen and oxygen atoms in total. The average Bonchev–Trinajstić information content (AvgIpc) is 3.13. The molecule has 0 spiro atoms. The van der Waals surface area contributed by atoms with Crippen molar-refractivity contribution < 1.29 is 16.8 Å². The first kappa shape index (κ1) is 73.5. The SMILES string of the molecule is Cc1cc(P)cc(C)c1C.Cc1cc(P)cc(C)c1C.Cc1cc(P)cc(C)c1C.Cc1cc(P)cc(C)c1C.Cc1cc(P)cc(C)c1C.Cc1cc(P)cc(C)c1C.Cl.Cl.Cl.Cl.[Co]. The molecule has 65 heavy (non-hydrogen) atoms. The first-order valence-corrected chi connectivity index (χ1v) is 24.1. The smallest absolute Gasteiger partial charge is 0 e. The maximum Gasteiger partial charge on any atom is 0 e. The van der Waals surface area contributed by atoms with Gasteiger partial charge in [0.15, 0.2) is 0 Å². The van der Waals surface area contributed by atoms with Crippen molar-refractivity contribution in [1.82, 2.24) is 0 Å². The second-order valence-electron chi connectivity index (χ2n) is 16.7. The Morgan fingerprint density at radius 1 is 0.185 bits per heavy atom. The molecule has 0 saturated carbocycles. The maximum atomic E-state index is 2.72. The fourth-order valence-electron chi connectivity index (χ4n) is 6.42. The second kappa shape index (κ2) is 35.6. The van der Waals surface area contributed by atoms with E-state index < -0.39 is 0 Å². The van der Waals surface area contributed by atoms with E-state index in [-0.39, 0.29) is 66.4 Å². The Balaban J connectivity index is -0.000000218. The van der Waals surface area contributed by atoms with Crippen LogP contribution >= 0.6 is 105 Å². The molecule has 0 aromatic heterocycles. The molecule has 6 unspecified atom stereocenters. The summed E-state index contributed by atoms with van der Waals surface area (Å²) < 4.78 is 0. The zero-order valence-corrected chi connectivity index (χ0v) is 53.6. The summed E-state index contributed by atoms with van der Waals surface area (Å²) in [6, 6.07) is 26.2. The molecule has 11 heteroatoms. The minimum absolute atomic E-state index is 0. The van der Waals surface area contributed by atoms with Gasteiger partial charge in [0, 0.05) is 16.8 Å². The summed E-state index contributed by atoms with van der Waals surface area (Å²) in [6.45, 7) is 38.8. The minimum atomic E-state index is 0. The maximum absolute atomic E-state index is 2.72. The molecule has 1 radical (unpaired) electrons. The predicted octanol–water partition coefficient (Wildman–Crippen LogP) is 14.4. The van der Waals surface area contributed by atoms with Crippen molar-refractivity contribution in [3.63, 3.8) is 0 Å². The molecular formula is C54H82Cl4CoP6. The van der Waals surface area contributed by atoms with Gasteiger partial charge in [0.1, 0.15) is 0 Å². The summed E-state index contributed by atoms with van der Waals surface area (Å²) in [7, 11) is 16.3. The fourth-order valence-corrected chi connectivity index (χ4v) is 9.42. The first-order chi connectivity index (χ1) is 27.7. The van der Waals surface area contributed by atoms with Crippen LogP contribution in [-0.2, 0) is 16.8 Å². The normalized spacial score (nSPS) is 9.23. The standard InChI is InChI=1S/6C9H13P.4ClH.Co/c6*1-6-4-9(10)5-7(2)8(6)3;;;;;/h6*4-5H,10H2,1-3H3;4*1H;. The van der Waals surface area contributed by atoms with E-state index in [2.05, 4.69) is 253 Å². The van der Waals surface area contributed by atoms with Gasteiger partial charge in [-0.1, -0.05) is 72.8 Å². The average molecular weight is 1120 g/mol. The van der Waals surface area contributed by atoms with Crippen LogP contribution in [0.25, 0.3) is 0 Å². The van der Waals surface area contributed by atoms with Gasteiger partial charge in [0.05, 0.1) is 0 Å². The van der Waals surface area contributed by atoms with E-state index >= 15 is 0 Å². The minimum Gasteiger partial charge on any atom is -0.147 e. The number of benzene rings is 6. The zero-order valence-electron chi connectivity index (χ0n) is 42.4. The van der Waals surface area contributed by atoms with Crippen molar-refractivity contribution >= 4 is 137 Å². The molecule has 0 aliphatic carbocycles. The van der Waals surface area contributed by atoms with Crippen LogP contribution in [0.1, 0.15) is 100 Å². The van der Waals surface area contributed by atoms with Gasteiger partial charge in [-0.2, -0.15) is 0 Å². The van der Waals surface area contributed by atoms with Crippen LogP contribution in [0.2, 0.25) is 0 Å². The van der Waals surface area contributed by atoms with Crippen LogP contribution in [0.5, 0.6) is 0 Å². The van der Waals surface area contributed by atoms with Gasteiger partial charge in [-0.3, -0.25) is 0 Å². The van der Waals surface area contributed by atoms with Gasteiger partial charge in [0.2, 0.25) is 0 Å². The van der Waals surface area contributed by atoms with Crippen molar-refractivity contribution in [1.29, 1.82) is 0 Å². The van der Waals surface area contributed by atoms with Crippen LogP contribution in [0, 0.1) is 125 Å². The Hall–Kier alpha value is -0.434. The Labute approximate surface area is 447 Å². The molecule has 0 aliphatic heterocycles. The molecule has 0 bridgehead atoms. The van der Waals surface area contributed by atoms with Gasteiger partial charge < -0.3 is 0 Å². The number of hydrogen-bond donors (Lipinski definition) is 0.